The van der Waals surface area contributed by atoms with E-state index in [9.17, 15) is 9.90 Å². The van der Waals surface area contributed by atoms with E-state index in [2.05, 4.69) is 5.32 Å². The third-order valence-electron chi connectivity index (χ3n) is 4.57. The Balaban J connectivity index is 0.00000156. The number of allylic oxidation sites excluding steroid dienone is 5. The molecular formula is C17H14ClN2NaO2. The second-order valence-electron chi connectivity index (χ2n) is 5.76. The number of nitrogens with zero attached hydrogens (tertiary/aromatic N) is 1. The number of carboxylic acid groups (broad SMARTS) is 1. The number of aliphatic carboxylic acids is 1. The maximum atomic E-state index is 11.7. The van der Waals surface area contributed by atoms with Crippen LogP contribution >= 0.6 is 11.8 Å². The van der Waals surface area contributed by atoms with E-state index in [4.69, 9.17) is 11.8 Å². The zero-order valence-electron chi connectivity index (χ0n) is 12.7. The van der Waals surface area contributed by atoms with Crippen LogP contribution < -0.4 is 40.0 Å². The molecule has 4 aliphatic rings. The Kier molecular flexibility index (Phi) is 4.72. The molecule has 23 heavy (non-hydrogen) atoms. The number of fused-ring (bicyclic) bond motifs is 3. The molecule has 3 atom stereocenters. The van der Waals surface area contributed by atoms with E-state index in [1.165, 1.54) is 0 Å². The Morgan fingerprint density at radius 3 is 2.87 bits per heavy atom. The van der Waals surface area contributed by atoms with Gasteiger partial charge < -0.3 is 9.90 Å². The molecule has 1 N–H and O–H groups in total. The maximum absolute atomic E-state index is 11.7. The second kappa shape index (κ2) is 6.46. The predicted octanol–water partition coefficient (Wildman–Crippen LogP) is -2.03. The Morgan fingerprint density at radius 1 is 1.26 bits per heavy atom. The van der Waals surface area contributed by atoms with Crippen LogP contribution in [0.4, 0.5) is 0 Å². The van der Waals surface area contributed by atoms with Crippen LogP contribution in [0.1, 0.15) is 0 Å². The van der Waals surface area contributed by atoms with E-state index >= 15 is 0 Å². The molecule has 0 saturated carbocycles. The van der Waals surface area contributed by atoms with Gasteiger partial charge in [0, 0.05) is 29.9 Å². The number of rotatable bonds is 1. The van der Waals surface area contributed by atoms with Crippen molar-refractivity contribution in [1.82, 2.24) is 9.74 Å². The van der Waals surface area contributed by atoms with E-state index in [0.717, 1.165) is 16.7 Å². The first kappa shape index (κ1) is 16.8. The van der Waals surface area contributed by atoms with Crippen molar-refractivity contribution in [2.75, 3.05) is 6.54 Å². The molecule has 0 amide bonds. The Hall–Kier alpha value is -1.04. The summed E-state index contributed by atoms with van der Waals surface area (Å²) in [5.74, 6) is -1.33. The number of carbonyl (C=O) groups excluding carboxylic acids is 1. The topological polar surface area (TPSA) is 55.4 Å². The molecule has 2 heterocycles. The van der Waals surface area contributed by atoms with Crippen LogP contribution in [0.3, 0.4) is 0 Å². The van der Waals surface area contributed by atoms with E-state index < -0.39 is 5.97 Å². The normalized spacial score (nSPS) is 30.7. The molecule has 0 aromatic heterocycles. The average molecular weight is 337 g/mol. The Morgan fingerprint density at radius 2 is 2.09 bits per heavy atom. The van der Waals surface area contributed by atoms with E-state index in [1.54, 1.807) is 4.42 Å². The van der Waals surface area contributed by atoms with Crippen LogP contribution in [0.25, 0.3) is 0 Å². The number of carbonyl (C=O) groups is 1. The molecule has 2 aliphatic carbocycles. The van der Waals surface area contributed by atoms with Crippen molar-refractivity contribution < 1.29 is 39.5 Å². The van der Waals surface area contributed by atoms with Gasteiger partial charge in [-0.3, -0.25) is 9.74 Å². The number of nitrogens with one attached hydrogen (secondary N) is 1. The third-order valence-corrected chi connectivity index (χ3v) is 4.81. The summed E-state index contributed by atoms with van der Waals surface area (Å²) in [7, 11) is 0. The van der Waals surface area contributed by atoms with Gasteiger partial charge >= 0.3 is 29.6 Å². The van der Waals surface area contributed by atoms with Gasteiger partial charge in [-0.05, 0) is 28.4 Å². The Bertz CT molecular complexity index is 733. The fourth-order valence-corrected chi connectivity index (χ4v) is 3.79. The summed E-state index contributed by atoms with van der Waals surface area (Å²) in [6.45, 7) is 0.577. The smallest absolute Gasteiger partial charge is 0.545 e. The van der Waals surface area contributed by atoms with Crippen LogP contribution in [0.5, 0.6) is 0 Å². The molecule has 112 valence electrons. The fourth-order valence-electron chi connectivity index (χ4n) is 3.60. The SMILES string of the molecule is O=C([O-])C1=C2C=CC=CC2NC2C3=C(C=CC12)C=CN(Cl)C3.[Na+]. The number of halogens is 1. The summed E-state index contributed by atoms with van der Waals surface area (Å²) in [4.78, 5) is 11.7. The van der Waals surface area contributed by atoms with Gasteiger partial charge in [0.2, 0.25) is 0 Å². The molecule has 0 fully saturated rings. The summed E-state index contributed by atoms with van der Waals surface area (Å²) in [5.41, 5.74) is 3.37. The Labute approximate surface area is 162 Å². The van der Waals surface area contributed by atoms with Crippen LogP contribution in [0, 0.1) is 5.92 Å². The second-order valence-corrected chi connectivity index (χ2v) is 6.20. The molecule has 3 unspecified atom stereocenters. The van der Waals surface area contributed by atoms with Crippen LogP contribution in [0.15, 0.2) is 71.0 Å². The van der Waals surface area contributed by atoms with Gasteiger partial charge in [0.05, 0.1) is 18.6 Å². The zero-order chi connectivity index (χ0) is 15.3. The molecule has 0 aromatic carbocycles. The number of hydrogen-bond donors (Lipinski definition) is 1. The van der Waals surface area contributed by atoms with Crippen LogP contribution in [-0.4, -0.2) is 29.0 Å². The van der Waals surface area contributed by atoms with Crippen LogP contribution in [0.2, 0.25) is 0 Å². The number of hydrogen-bond acceptors (Lipinski definition) is 4. The minimum absolute atomic E-state index is 0. The monoisotopic (exact) mass is 336 g/mol. The van der Waals surface area contributed by atoms with Gasteiger partial charge in [0.1, 0.15) is 0 Å². The van der Waals surface area contributed by atoms with Gasteiger partial charge in [-0.15, -0.1) is 0 Å². The molecular weight excluding hydrogens is 323 g/mol. The molecule has 0 bridgehead atoms. The third kappa shape index (κ3) is 2.79. The van der Waals surface area contributed by atoms with E-state index in [1.807, 2.05) is 48.7 Å². The fraction of sp³-hybridized carbons (Fsp3) is 0.235. The molecule has 6 heteroatoms. The standard InChI is InChI=1S/C17H15ClN2O2.Na/c18-20-8-7-10-5-6-12-15(17(21)22)11-3-1-2-4-14(11)19-16(12)13(10)9-20;/h1-8,12,14,16,19H,9H2,(H,21,22);/q;+1/p-1. The summed E-state index contributed by atoms with van der Waals surface area (Å²) >= 11 is 6.10. The number of carboxylic acids is 1. The zero-order valence-corrected chi connectivity index (χ0v) is 15.5. The van der Waals surface area contributed by atoms with E-state index in [0.29, 0.717) is 12.1 Å². The molecule has 0 saturated heterocycles. The summed E-state index contributed by atoms with van der Waals surface area (Å²) in [6, 6.07) is -0.182. The maximum Gasteiger partial charge on any atom is 1.00 e. The van der Waals surface area contributed by atoms with Gasteiger partial charge in [-0.1, -0.05) is 36.5 Å². The van der Waals surface area contributed by atoms with Crippen molar-refractivity contribution in [2.45, 2.75) is 12.1 Å². The molecule has 4 nitrogen and oxygen atoms in total. The van der Waals surface area contributed by atoms with Gasteiger partial charge in [0.25, 0.3) is 0 Å². The van der Waals surface area contributed by atoms with Crippen molar-refractivity contribution in [3.05, 3.63) is 71.0 Å². The van der Waals surface area contributed by atoms with Gasteiger partial charge in [0.15, 0.2) is 0 Å². The quantitative estimate of drug-likeness (QED) is 0.443. The average Bonchev–Trinajstić information content (AvgIpc) is 2.52. The first-order chi connectivity index (χ1) is 10.6. The van der Waals surface area contributed by atoms with Crippen molar-refractivity contribution >= 4 is 17.7 Å². The van der Waals surface area contributed by atoms with Crippen molar-refractivity contribution in [3.8, 4) is 0 Å². The molecule has 2 aliphatic heterocycles. The molecule has 0 aromatic rings. The molecule has 0 spiro atoms. The minimum Gasteiger partial charge on any atom is -0.545 e. The van der Waals surface area contributed by atoms with Gasteiger partial charge in [-0.2, -0.15) is 0 Å². The first-order valence-corrected chi connectivity index (χ1v) is 7.57. The van der Waals surface area contributed by atoms with Gasteiger partial charge in [-0.25, -0.2) is 0 Å². The van der Waals surface area contributed by atoms with Crippen molar-refractivity contribution in [2.24, 2.45) is 5.92 Å². The first-order valence-electron chi connectivity index (χ1n) is 7.23. The molecule has 0 radical (unpaired) electrons. The van der Waals surface area contributed by atoms with Crippen LogP contribution in [-0.2, 0) is 4.79 Å². The molecule has 4 rings (SSSR count). The summed E-state index contributed by atoms with van der Waals surface area (Å²) in [6.07, 6.45) is 15.3. The van der Waals surface area contributed by atoms with Crippen molar-refractivity contribution in [1.29, 1.82) is 0 Å². The summed E-state index contributed by atoms with van der Waals surface area (Å²) in [5, 5.41) is 15.3. The van der Waals surface area contributed by atoms with Crippen molar-refractivity contribution in [3.63, 3.8) is 0 Å². The van der Waals surface area contributed by atoms with E-state index in [-0.39, 0.29) is 47.6 Å². The summed E-state index contributed by atoms with van der Waals surface area (Å²) < 4.78 is 1.59. The predicted molar refractivity (Wildman–Crippen MR) is 82.4 cm³/mol. The minimum atomic E-state index is -1.10. The largest absolute Gasteiger partial charge is 1.00 e.